The molecule has 2 aromatic carbocycles. The van der Waals surface area contributed by atoms with Gasteiger partial charge in [-0.15, -0.1) is 11.3 Å². The van der Waals surface area contributed by atoms with E-state index in [0.29, 0.717) is 17.2 Å². The highest BCUT2D eigenvalue weighted by atomic mass is 32.1. The number of para-hydroxylation sites is 1. The molecule has 3 rings (SSSR count). The zero-order chi connectivity index (χ0) is 16.9. The molecule has 5 heteroatoms. The summed E-state index contributed by atoms with van der Waals surface area (Å²) in [7, 11) is 0. The minimum Gasteiger partial charge on any atom is -0.489 e. The number of ether oxygens (including phenoxy) is 1. The van der Waals surface area contributed by atoms with E-state index in [-0.39, 0.29) is 11.7 Å². The molecule has 0 aliphatic heterocycles. The lowest BCUT2D eigenvalue weighted by atomic mass is 10.2. The van der Waals surface area contributed by atoms with Crippen molar-refractivity contribution < 1.29 is 13.9 Å². The number of carbonyl (C=O) groups excluding carboxylic acids is 1. The molecular formula is C19H16FNO2S. The summed E-state index contributed by atoms with van der Waals surface area (Å²) in [6.07, 6.45) is 0. The van der Waals surface area contributed by atoms with E-state index in [4.69, 9.17) is 4.74 Å². The van der Waals surface area contributed by atoms with Gasteiger partial charge in [0.25, 0.3) is 5.91 Å². The number of anilines is 1. The van der Waals surface area contributed by atoms with Crippen LogP contribution in [0.15, 0.2) is 60.0 Å². The van der Waals surface area contributed by atoms with Crippen molar-refractivity contribution in [1.29, 1.82) is 0 Å². The van der Waals surface area contributed by atoms with Crippen molar-refractivity contribution in [3.63, 3.8) is 0 Å². The number of benzene rings is 2. The third-order valence-electron chi connectivity index (χ3n) is 3.45. The third-order valence-corrected chi connectivity index (χ3v) is 4.43. The average molecular weight is 341 g/mol. The number of hydrogen-bond acceptors (Lipinski definition) is 3. The first-order valence-electron chi connectivity index (χ1n) is 7.44. The summed E-state index contributed by atoms with van der Waals surface area (Å²) >= 11 is 1.33. The van der Waals surface area contributed by atoms with Gasteiger partial charge in [-0.1, -0.05) is 24.3 Å². The van der Waals surface area contributed by atoms with Gasteiger partial charge in [0.15, 0.2) is 0 Å². The van der Waals surface area contributed by atoms with Crippen molar-refractivity contribution in [3.8, 4) is 5.75 Å². The molecule has 1 aromatic heterocycles. The fourth-order valence-electron chi connectivity index (χ4n) is 2.21. The minimum absolute atomic E-state index is 0.257. The highest BCUT2D eigenvalue weighted by Crippen LogP contribution is 2.21. The second-order valence-corrected chi connectivity index (χ2v) is 6.25. The lowest BCUT2D eigenvalue weighted by Gasteiger charge is -2.07. The normalized spacial score (nSPS) is 10.4. The summed E-state index contributed by atoms with van der Waals surface area (Å²) in [5, 5.41) is 4.57. The maximum Gasteiger partial charge on any atom is 0.265 e. The average Bonchev–Trinajstić information content (AvgIpc) is 3.03. The summed E-state index contributed by atoms with van der Waals surface area (Å²) in [4.78, 5) is 12.8. The standard InChI is InChI=1S/C19H16FNO2S/c1-13-5-2-3-8-17(13)23-11-14-9-18(24-12-14)19(22)21-16-7-4-6-15(20)10-16/h2-10,12H,11H2,1H3,(H,21,22). The summed E-state index contributed by atoms with van der Waals surface area (Å²) in [6, 6.07) is 15.4. The van der Waals surface area contributed by atoms with Crippen LogP contribution >= 0.6 is 11.3 Å². The fourth-order valence-corrected chi connectivity index (χ4v) is 3.00. The number of rotatable bonds is 5. The number of aryl methyl sites for hydroxylation is 1. The van der Waals surface area contributed by atoms with Crippen LogP contribution < -0.4 is 10.1 Å². The molecule has 0 unspecified atom stereocenters. The molecule has 3 nitrogen and oxygen atoms in total. The number of hydrogen-bond donors (Lipinski definition) is 1. The maximum absolute atomic E-state index is 13.2. The van der Waals surface area contributed by atoms with Gasteiger partial charge in [-0.25, -0.2) is 4.39 Å². The second-order valence-electron chi connectivity index (χ2n) is 5.34. The van der Waals surface area contributed by atoms with Gasteiger partial charge in [0.2, 0.25) is 0 Å². The highest BCUT2D eigenvalue weighted by Gasteiger charge is 2.10. The predicted molar refractivity (Wildman–Crippen MR) is 94.2 cm³/mol. The molecular weight excluding hydrogens is 325 g/mol. The lowest BCUT2D eigenvalue weighted by molar-refractivity contribution is 0.103. The third kappa shape index (κ3) is 4.00. The first-order valence-corrected chi connectivity index (χ1v) is 8.32. The highest BCUT2D eigenvalue weighted by molar-refractivity contribution is 7.12. The SMILES string of the molecule is Cc1ccccc1OCc1csc(C(=O)Nc2cccc(F)c2)c1. The molecule has 0 atom stereocenters. The Labute approximate surface area is 143 Å². The number of halogens is 1. The molecule has 1 amide bonds. The van der Waals surface area contributed by atoms with E-state index in [1.54, 1.807) is 18.2 Å². The maximum atomic E-state index is 13.2. The van der Waals surface area contributed by atoms with E-state index in [0.717, 1.165) is 16.9 Å². The molecule has 0 aliphatic carbocycles. The summed E-state index contributed by atoms with van der Waals surface area (Å²) in [5.74, 6) is 0.188. The topological polar surface area (TPSA) is 38.3 Å². The van der Waals surface area contributed by atoms with Gasteiger partial charge in [-0.3, -0.25) is 4.79 Å². The minimum atomic E-state index is -0.383. The van der Waals surface area contributed by atoms with Gasteiger partial charge in [0.1, 0.15) is 18.2 Å². The molecule has 0 saturated carbocycles. The smallest absolute Gasteiger partial charge is 0.265 e. The zero-order valence-electron chi connectivity index (χ0n) is 13.1. The van der Waals surface area contributed by atoms with Crippen molar-refractivity contribution in [3.05, 3.63) is 81.8 Å². The van der Waals surface area contributed by atoms with Crippen LogP contribution in [-0.4, -0.2) is 5.91 Å². The molecule has 0 radical (unpaired) electrons. The van der Waals surface area contributed by atoms with Gasteiger partial charge >= 0.3 is 0 Å². The van der Waals surface area contributed by atoms with Crippen molar-refractivity contribution >= 4 is 22.9 Å². The van der Waals surface area contributed by atoms with Crippen molar-refractivity contribution in [2.75, 3.05) is 5.32 Å². The summed E-state index contributed by atoms with van der Waals surface area (Å²) in [5.41, 5.74) is 2.43. The van der Waals surface area contributed by atoms with Gasteiger partial charge in [-0.2, -0.15) is 0 Å². The van der Waals surface area contributed by atoms with E-state index in [1.165, 1.54) is 23.5 Å². The Balaban J connectivity index is 1.62. The summed E-state index contributed by atoms with van der Waals surface area (Å²) < 4.78 is 18.9. The van der Waals surface area contributed by atoms with Crippen molar-refractivity contribution in [2.24, 2.45) is 0 Å². The quantitative estimate of drug-likeness (QED) is 0.707. The largest absolute Gasteiger partial charge is 0.489 e. The molecule has 24 heavy (non-hydrogen) atoms. The van der Waals surface area contributed by atoms with Crippen LogP contribution in [0.2, 0.25) is 0 Å². The molecule has 0 fully saturated rings. The molecule has 3 aromatic rings. The zero-order valence-corrected chi connectivity index (χ0v) is 13.9. The Kier molecular flexibility index (Phi) is 4.91. The molecule has 0 saturated heterocycles. The van der Waals surface area contributed by atoms with Crippen LogP contribution in [0.4, 0.5) is 10.1 Å². The molecule has 0 spiro atoms. The number of thiophene rings is 1. The van der Waals surface area contributed by atoms with Crippen LogP contribution in [0.1, 0.15) is 20.8 Å². The van der Waals surface area contributed by atoms with Crippen LogP contribution in [0, 0.1) is 12.7 Å². The first kappa shape index (κ1) is 16.2. The molecule has 122 valence electrons. The van der Waals surface area contributed by atoms with Crippen LogP contribution in [0.3, 0.4) is 0 Å². The number of amides is 1. The number of nitrogens with one attached hydrogen (secondary N) is 1. The van der Waals surface area contributed by atoms with E-state index in [9.17, 15) is 9.18 Å². The van der Waals surface area contributed by atoms with Crippen LogP contribution in [-0.2, 0) is 6.61 Å². The van der Waals surface area contributed by atoms with Crippen LogP contribution in [0.5, 0.6) is 5.75 Å². The second kappa shape index (κ2) is 7.27. The van der Waals surface area contributed by atoms with E-state index < -0.39 is 0 Å². The Morgan fingerprint density at radius 3 is 2.79 bits per heavy atom. The molecule has 1 heterocycles. The van der Waals surface area contributed by atoms with E-state index in [2.05, 4.69) is 5.32 Å². The first-order chi connectivity index (χ1) is 11.6. The summed E-state index contributed by atoms with van der Waals surface area (Å²) in [6.45, 7) is 2.38. The number of carbonyl (C=O) groups is 1. The van der Waals surface area contributed by atoms with E-state index >= 15 is 0 Å². The van der Waals surface area contributed by atoms with Gasteiger partial charge in [0, 0.05) is 11.3 Å². The van der Waals surface area contributed by atoms with Gasteiger partial charge < -0.3 is 10.1 Å². The monoisotopic (exact) mass is 341 g/mol. The Hall–Kier alpha value is -2.66. The Morgan fingerprint density at radius 2 is 2.00 bits per heavy atom. The fraction of sp³-hybridized carbons (Fsp3) is 0.105. The lowest BCUT2D eigenvalue weighted by Crippen LogP contribution is -2.10. The molecule has 0 bridgehead atoms. The molecule has 1 N–H and O–H groups in total. The molecule has 0 aliphatic rings. The Morgan fingerprint density at radius 1 is 1.17 bits per heavy atom. The van der Waals surface area contributed by atoms with E-state index in [1.807, 2.05) is 36.6 Å². The predicted octanol–water partition coefficient (Wildman–Crippen LogP) is 5.03. The van der Waals surface area contributed by atoms with Crippen molar-refractivity contribution in [2.45, 2.75) is 13.5 Å². The van der Waals surface area contributed by atoms with Gasteiger partial charge in [-0.05, 0) is 48.2 Å². The van der Waals surface area contributed by atoms with Crippen molar-refractivity contribution in [1.82, 2.24) is 0 Å². The Bertz CT molecular complexity index is 860. The van der Waals surface area contributed by atoms with Gasteiger partial charge in [0.05, 0.1) is 4.88 Å². The van der Waals surface area contributed by atoms with Crippen LogP contribution in [0.25, 0.3) is 0 Å².